The predicted octanol–water partition coefficient (Wildman–Crippen LogP) is 1.30. The van der Waals surface area contributed by atoms with Gasteiger partial charge in [0.1, 0.15) is 0 Å². The topological polar surface area (TPSA) is 75.0 Å². The fourth-order valence-corrected chi connectivity index (χ4v) is 2.00. The molecule has 3 N–H and O–H groups in total. The molecule has 5 nitrogen and oxygen atoms in total. The third kappa shape index (κ3) is 3.54. The van der Waals surface area contributed by atoms with E-state index >= 15 is 0 Å². The number of aromatic nitrogens is 2. The Kier molecular flexibility index (Phi) is 4.52. The number of benzene rings is 1. The van der Waals surface area contributed by atoms with Gasteiger partial charge in [-0.1, -0.05) is 6.07 Å². The molecular formula is C14H20N4O. The van der Waals surface area contributed by atoms with E-state index < -0.39 is 0 Å². The third-order valence-corrected chi connectivity index (χ3v) is 3.24. The zero-order chi connectivity index (χ0) is 13.7. The molecule has 0 radical (unpaired) electrons. The Balaban J connectivity index is 1.88. The van der Waals surface area contributed by atoms with E-state index in [0.29, 0.717) is 13.0 Å². The van der Waals surface area contributed by atoms with Gasteiger partial charge in [-0.25, -0.2) is 4.98 Å². The van der Waals surface area contributed by atoms with Gasteiger partial charge >= 0.3 is 0 Å². The molecule has 0 fully saturated rings. The maximum atomic E-state index is 11.7. The monoisotopic (exact) mass is 260 g/mol. The van der Waals surface area contributed by atoms with Crippen molar-refractivity contribution in [2.24, 2.45) is 5.73 Å². The number of H-pyrrole nitrogens is 1. The summed E-state index contributed by atoms with van der Waals surface area (Å²) in [7, 11) is 1.84. The average molecular weight is 260 g/mol. The first-order valence-electron chi connectivity index (χ1n) is 6.57. The summed E-state index contributed by atoms with van der Waals surface area (Å²) >= 11 is 0. The van der Waals surface area contributed by atoms with Crippen molar-refractivity contribution >= 4 is 16.9 Å². The molecule has 0 atom stereocenters. The first-order valence-corrected chi connectivity index (χ1v) is 6.57. The van der Waals surface area contributed by atoms with Gasteiger partial charge in [0.2, 0.25) is 5.91 Å². The van der Waals surface area contributed by atoms with Gasteiger partial charge in [-0.05, 0) is 37.1 Å². The van der Waals surface area contributed by atoms with Crippen LogP contribution in [0, 0.1) is 0 Å². The van der Waals surface area contributed by atoms with Crippen LogP contribution < -0.4 is 5.73 Å². The number of imidazole rings is 1. The van der Waals surface area contributed by atoms with Crippen molar-refractivity contribution in [2.75, 3.05) is 20.1 Å². The zero-order valence-electron chi connectivity index (χ0n) is 11.2. The second kappa shape index (κ2) is 6.33. The van der Waals surface area contributed by atoms with E-state index in [1.807, 2.05) is 13.1 Å². The molecule has 1 aromatic carbocycles. The van der Waals surface area contributed by atoms with Crippen LogP contribution in [-0.2, 0) is 11.2 Å². The van der Waals surface area contributed by atoms with Crippen LogP contribution in [0.25, 0.3) is 11.0 Å². The van der Waals surface area contributed by atoms with Gasteiger partial charge in [-0.15, -0.1) is 0 Å². The highest BCUT2D eigenvalue weighted by Gasteiger charge is 2.08. The first-order chi connectivity index (χ1) is 9.20. The van der Waals surface area contributed by atoms with Crippen molar-refractivity contribution in [3.05, 3.63) is 30.1 Å². The molecular weight excluding hydrogens is 240 g/mol. The Labute approximate surface area is 112 Å². The Bertz CT molecular complexity index is 549. The SMILES string of the molecule is CN(CCc1ccc2nc[nH]c2c1)C(=O)CCCN. The molecule has 0 spiro atoms. The van der Waals surface area contributed by atoms with Crippen LogP contribution in [0.2, 0.25) is 0 Å². The van der Waals surface area contributed by atoms with Gasteiger partial charge in [0.25, 0.3) is 0 Å². The lowest BCUT2D eigenvalue weighted by Gasteiger charge is -2.17. The number of aromatic amines is 1. The van der Waals surface area contributed by atoms with E-state index in [9.17, 15) is 4.79 Å². The number of carbonyl (C=O) groups is 1. The minimum atomic E-state index is 0.160. The third-order valence-electron chi connectivity index (χ3n) is 3.24. The summed E-state index contributed by atoms with van der Waals surface area (Å²) in [4.78, 5) is 20.8. The quantitative estimate of drug-likeness (QED) is 0.822. The standard InChI is InChI=1S/C14H20N4O/c1-18(14(19)3-2-7-15)8-6-11-4-5-12-13(9-11)17-10-16-12/h4-5,9-10H,2-3,6-8,15H2,1H3,(H,16,17). The summed E-state index contributed by atoms with van der Waals surface area (Å²) in [5.74, 6) is 0.160. The van der Waals surface area contributed by atoms with Crippen LogP contribution in [0.3, 0.4) is 0 Å². The maximum Gasteiger partial charge on any atom is 0.222 e. The average Bonchev–Trinajstić information content (AvgIpc) is 2.89. The molecule has 0 aliphatic heterocycles. The van der Waals surface area contributed by atoms with Gasteiger partial charge < -0.3 is 15.6 Å². The minimum Gasteiger partial charge on any atom is -0.345 e. The summed E-state index contributed by atoms with van der Waals surface area (Å²) in [6, 6.07) is 6.14. The largest absolute Gasteiger partial charge is 0.345 e. The van der Waals surface area contributed by atoms with Gasteiger partial charge in [0.15, 0.2) is 0 Å². The van der Waals surface area contributed by atoms with Crippen LogP contribution >= 0.6 is 0 Å². The molecule has 2 aromatic rings. The highest BCUT2D eigenvalue weighted by atomic mass is 16.2. The fraction of sp³-hybridized carbons (Fsp3) is 0.429. The Morgan fingerprint density at radius 2 is 2.32 bits per heavy atom. The van der Waals surface area contributed by atoms with E-state index in [-0.39, 0.29) is 5.91 Å². The van der Waals surface area contributed by atoms with Crippen molar-refractivity contribution in [1.82, 2.24) is 14.9 Å². The molecule has 2 rings (SSSR count). The predicted molar refractivity (Wildman–Crippen MR) is 75.7 cm³/mol. The van der Waals surface area contributed by atoms with E-state index in [4.69, 9.17) is 5.73 Å². The summed E-state index contributed by atoms with van der Waals surface area (Å²) in [5.41, 5.74) is 8.61. The van der Waals surface area contributed by atoms with E-state index in [0.717, 1.165) is 30.4 Å². The summed E-state index contributed by atoms with van der Waals surface area (Å²) in [6.07, 6.45) is 3.83. The molecule has 0 saturated heterocycles. The molecule has 1 amide bonds. The Morgan fingerprint density at radius 1 is 1.47 bits per heavy atom. The van der Waals surface area contributed by atoms with E-state index in [2.05, 4.69) is 22.1 Å². The second-order valence-corrected chi connectivity index (χ2v) is 4.71. The maximum absolute atomic E-state index is 11.7. The Morgan fingerprint density at radius 3 is 3.11 bits per heavy atom. The first kappa shape index (κ1) is 13.5. The number of carbonyl (C=O) groups excluding carboxylic acids is 1. The molecule has 0 bridgehead atoms. The van der Waals surface area contributed by atoms with Gasteiger partial charge in [-0.2, -0.15) is 0 Å². The number of fused-ring (bicyclic) bond motifs is 1. The summed E-state index contributed by atoms with van der Waals surface area (Å²) < 4.78 is 0. The van der Waals surface area contributed by atoms with Crippen LogP contribution in [-0.4, -0.2) is 40.9 Å². The second-order valence-electron chi connectivity index (χ2n) is 4.71. The highest BCUT2D eigenvalue weighted by Crippen LogP contribution is 2.12. The summed E-state index contributed by atoms with van der Waals surface area (Å²) in [5, 5.41) is 0. The molecule has 5 heteroatoms. The number of rotatable bonds is 6. The van der Waals surface area contributed by atoms with Crippen molar-refractivity contribution in [1.29, 1.82) is 0 Å². The Hall–Kier alpha value is -1.88. The van der Waals surface area contributed by atoms with Crippen LogP contribution in [0.4, 0.5) is 0 Å². The number of nitrogens with two attached hydrogens (primary N) is 1. The number of likely N-dealkylation sites (N-methyl/N-ethyl adjacent to an activating group) is 1. The fourth-order valence-electron chi connectivity index (χ4n) is 2.00. The lowest BCUT2D eigenvalue weighted by molar-refractivity contribution is -0.129. The van der Waals surface area contributed by atoms with Gasteiger partial charge in [0, 0.05) is 20.0 Å². The van der Waals surface area contributed by atoms with Gasteiger partial charge in [0.05, 0.1) is 17.4 Å². The number of hydrogen-bond donors (Lipinski definition) is 2. The molecule has 0 unspecified atom stereocenters. The lowest BCUT2D eigenvalue weighted by atomic mass is 10.1. The van der Waals surface area contributed by atoms with Crippen LogP contribution in [0.5, 0.6) is 0 Å². The zero-order valence-corrected chi connectivity index (χ0v) is 11.2. The van der Waals surface area contributed by atoms with Crippen molar-refractivity contribution in [3.63, 3.8) is 0 Å². The van der Waals surface area contributed by atoms with Crippen molar-refractivity contribution in [2.45, 2.75) is 19.3 Å². The molecule has 1 aromatic heterocycles. The van der Waals surface area contributed by atoms with Crippen molar-refractivity contribution < 1.29 is 4.79 Å². The number of amides is 1. The summed E-state index contributed by atoms with van der Waals surface area (Å²) in [6.45, 7) is 1.29. The van der Waals surface area contributed by atoms with Crippen LogP contribution in [0.1, 0.15) is 18.4 Å². The van der Waals surface area contributed by atoms with Crippen LogP contribution in [0.15, 0.2) is 24.5 Å². The molecule has 1 heterocycles. The molecule has 0 saturated carbocycles. The normalized spacial score (nSPS) is 10.8. The molecule has 0 aliphatic rings. The number of nitrogens with one attached hydrogen (secondary N) is 1. The van der Waals surface area contributed by atoms with E-state index in [1.54, 1.807) is 11.2 Å². The molecule has 102 valence electrons. The number of nitrogens with zero attached hydrogens (tertiary/aromatic N) is 2. The van der Waals surface area contributed by atoms with E-state index in [1.165, 1.54) is 5.56 Å². The van der Waals surface area contributed by atoms with Gasteiger partial charge in [-0.3, -0.25) is 4.79 Å². The lowest BCUT2D eigenvalue weighted by Crippen LogP contribution is -2.29. The minimum absolute atomic E-state index is 0.160. The highest BCUT2D eigenvalue weighted by molar-refractivity contribution is 5.76. The smallest absolute Gasteiger partial charge is 0.222 e. The molecule has 0 aliphatic carbocycles. The van der Waals surface area contributed by atoms with Crippen molar-refractivity contribution in [3.8, 4) is 0 Å². The molecule has 19 heavy (non-hydrogen) atoms. The number of hydrogen-bond acceptors (Lipinski definition) is 3.